The number of nitrogens with one attached hydrogen (secondary N) is 1. The molecule has 0 aliphatic heterocycles. The minimum Gasteiger partial charge on any atom is -0.296 e. The number of nitrogens with zero attached hydrogens (tertiary/aromatic N) is 3. The van der Waals surface area contributed by atoms with Crippen LogP contribution in [0.25, 0.3) is 0 Å². The lowest BCUT2D eigenvalue weighted by molar-refractivity contribution is 0.499. The van der Waals surface area contributed by atoms with E-state index >= 15 is 0 Å². The van der Waals surface area contributed by atoms with Crippen LogP contribution in [-0.4, -0.2) is 15.8 Å². The molecule has 4 nitrogen and oxygen atoms in total. The van der Waals surface area contributed by atoms with Crippen LogP contribution in [0.4, 0.5) is 0 Å². The Bertz CT molecular complexity index is 400. The molecule has 0 saturated heterocycles. The molecule has 2 atom stereocenters. The quantitative estimate of drug-likeness (QED) is 0.844. The summed E-state index contributed by atoms with van der Waals surface area (Å²) in [5.41, 5.74) is 3.01. The van der Waals surface area contributed by atoms with E-state index in [1.165, 1.54) is 0 Å². The Kier molecular flexibility index (Phi) is 4.08. The van der Waals surface area contributed by atoms with E-state index in [0.717, 1.165) is 23.4 Å². The Morgan fingerprint density at radius 3 is 2.50 bits per heavy atom. The van der Waals surface area contributed by atoms with Gasteiger partial charge in [0.25, 0.3) is 0 Å². The molecule has 0 aliphatic rings. The van der Waals surface area contributed by atoms with Crippen LogP contribution in [0.1, 0.15) is 43.3 Å². The molecule has 0 bridgehead atoms. The van der Waals surface area contributed by atoms with Crippen LogP contribution in [0.2, 0.25) is 0 Å². The molecule has 1 heterocycles. The summed E-state index contributed by atoms with van der Waals surface area (Å²) < 4.78 is 1.83. The van der Waals surface area contributed by atoms with Gasteiger partial charge in [0, 0.05) is 24.3 Å². The number of aromatic nitrogens is 2. The minimum atomic E-state index is -0.261. The summed E-state index contributed by atoms with van der Waals surface area (Å²) in [7, 11) is 1.91. The van der Waals surface area contributed by atoms with Gasteiger partial charge < -0.3 is 0 Å². The van der Waals surface area contributed by atoms with Gasteiger partial charge in [0.2, 0.25) is 0 Å². The minimum absolute atomic E-state index is 0.261. The molecule has 16 heavy (non-hydrogen) atoms. The van der Waals surface area contributed by atoms with Crippen molar-refractivity contribution < 1.29 is 0 Å². The molecule has 0 aliphatic carbocycles. The zero-order valence-corrected chi connectivity index (χ0v) is 10.7. The maximum absolute atomic E-state index is 9.23. The topological polar surface area (TPSA) is 53.6 Å². The highest BCUT2D eigenvalue weighted by Gasteiger charge is 2.20. The number of rotatable bonds is 4. The lowest BCUT2D eigenvalue weighted by Gasteiger charge is -2.17. The summed E-state index contributed by atoms with van der Waals surface area (Å²) in [4.78, 5) is 0. The predicted octanol–water partition coefficient (Wildman–Crippen LogP) is 1.99. The maximum atomic E-state index is 9.23. The highest BCUT2D eigenvalue weighted by molar-refractivity contribution is 5.32. The molecule has 0 radical (unpaired) electrons. The van der Waals surface area contributed by atoms with E-state index in [2.05, 4.69) is 30.3 Å². The van der Waals surface area contributed by atoms with Gasteiger partial charge in [0.1, 0.15) is 6.04 Å². The first kappa shape index (κ1) is 12.7. The smallest absolute Gasteiger partial charge is 0.125 e. The summed E-state index contributed by atoms with van der Waals surface area (Å²) in [6.45, 7) is 8.14. The van der Waals surface area contributed by atoms with Gasteiger partial charge in [-0.3, -0.25) is 10.00 Å². The van der Waals surface area contributed by atoms with Crippen LogP contribution in [-0.2, 0) is 7.05 Å². The molecule has 0 spiro atoms. The first-order valence-electron chi connectivity index (χ1n) is 5.67. The molecule has 0 saturated carbocycles. The number of hydrogen-bond acceptors (Lipinski definition) is 3. The average Bonchev–Trinajstić information content (AvgIpc) is 2.50. The monoisotopic (exact) mass is 220 g/mol. The molecule has 1 rings (SSSR count). The van der Waals surface area contributed by atoms with Crippen molar-refractivity contribution in [3.05, 3.63) is 17.0 Å². The van der Waals surface area contributed by atoms with Gasteiger partial charge in [-0.15, -0.1) is 0 Å². The van der Waals surface area contributed by atoms with Crippen molar-refractivity contribution in [2.24, 2.45) is 7.05 Å². The van der Waals surface area contributed by atoms with E-state index in [1.54, 1.807) is 0 Å². The van der Waals surface area contributed by atoms with Crippen LogP contribution < -0.4 is 5.32 Å². The van der Waals surface area contributed by atoms with Crippen molar-refractivity contribution in [1.82, 2.24) is 15.1 Å². The second-order valence-electron chi connectivity index (χ2n) is 4.25. The highest BCUT2D eigenvalue weighted by atomic mass is 15.3. The number of aryl methyl sites for hydroxylation is 2. The Labute approximate surface area is 97.3 Å². The SMILES string of the molecule is CCC(C)NC(C#N)c1c(C)nn(C)c1C. The summed E-state index contributed by atoms with van der Waals surface area (Å²) in [6, 6.07) is 2.39. The van der Waals surface area contributed by atoms with Crippen LogP contribution in [0.5, 0.6) is 0 Å². The average molecular weight is 220 g/mol. The van der Waals surface area contributed by atoms with Crippen LogP contribution >= 0.6 is 0 Å². The molecule has 4 heteroatoms. The Balaban J connectivity index is 3.00. The van der Waals surface area contributed by atoms with E-state index in [1.807, 2.05) is 25.6 Å². The molecule has 0 amide bonds. The predicted molar refractivity (Wildman–Crippen MR) is 63.9 cm³/mol. The number of hydrogen-bond donors (Lipinski definition) is 1. The third-order valence-corrected chi connectivity index (χ3v) is 3.05. The molecule has 1 aromatic heterocycles. The zero-order chi connectivity index (χ0) is 12.3. The summed E-state index contributed by atoms with van der Waals surface area (Å²) in [6.07, 6.45) is 1.01. The van der Waals surface area contributed by atoms with Crippen molar-refractivity contribution in [3.8, 4) is 6.07 Å². The van der Waals surface area contributed by atoms with E-state index in [-0.39, 0.29) is 6.04 Å². The second-order valence-corrected chi connectivity index (χ2v) is 4.25. The lowest BCUT2D eigenvalue weighted by atomic mass is 10.0. The van der Waals surface area contributed by atoms with E-state index in [9.17, 15) is 5.26 Å². The summed E-state index contributed by atoms with van der Waals surface area (Å²) in [5, 5.41) is 16.9. The molecule has 1 N–H and O–H groups in total. The molecular formula is C12H20N4. The fourth-order valence-electron chi connectivity index (χ4n) is 1.80. The van der Waals surface area contributed by atoms with Crippen LogP contribution in [0.3, 0.4) is 0 Å². The van der Waals surface area contributed by atoms with Crippen molar-refractivity contribution >= 4 is 0 Å². The molecule has 1 aromatic rings. The molecule has 88 valence electrons. The normalized spacial score (nSPS) is 14.5. The van der Waals surface area contributed by atoms with Gasteiger partial charge in [0.05, 0.1) is 11.8 Å². The second kappa shape index (κ2) is 5.13. The van der Waals surface area contributed by atoms with Crippen molar-refractivity contribution in [2.45, 2.75) is 46.2 Å². The van der Waals surface area contributed by atoms with Gasteiger partial charge >= 0.3 is 0 Å². The largest absolute Gasteiger partial charge is 0.296 e. The molecule has 2 unspecified atom stereocenters. The van der Waals surface area contributed by atoms with Crippen molar-refractivity contribution in [1.29, 1.82) is 5.26 Å². The first-order chi connectivity index (χ1) is 7.51. The molecule has 0 aromatic carbocycles. The highest BCUT2D eigenvalue weighted by Crippen LogP contribution is 2.21. The fraction of sp³-hybridized carbons (Fsp3) is 0.667. The molecule has 0 fully saturated rings. The van der Waals surface area contributed by atoms with Crippen LogP contribution in [0, 0.1) is 25.2 Å². The van der Waals surface area contributed by atoms with Gasteiger partial charge in [0.15, 0.2) is 0 Å². The molecular weight excluding hydrogens is 200 g/mol. The van der Waals surface area contributed by atoms with Crippen molar-refractivity contribution in [2.75, 3.05) is 0 Å². The van der Waals surface area contributed by atoms with Crippen molar-refractivity contribution in [3.63, 3.8) is 0 Å². The number of nitriles is 1. The van der Waals surface area contributed by atoms with Gasteiger partial charge in [-0.2, -0.15) is 10.4 Å². The van der Waals surface area contributed by atoms with E-state index in [0.29, 0.717) is 6.04 Å². The third kappa shape index (κ3) is 2.42. The zero-order valence-electron chi connectivity index (χ0n) is 10.7. The Morgan fingerprint density at radius 1 is 1.50 bits per heavy atom. The van der Waals surface area contributed by atoms with E-state index in [4.69, 9.17) is 0 Å². The van der Waals surface area contributed by atoms with Gasteiger partial charge in [-0.05, 0) is 27.2 Å². The van der Waals surface area contributed by atoms with E-state index < -0.39 is 0 Å². The Morgan fingerprint density at radius 2 is 2.12 bits per heavy atom. The third-order valence-electron chi connectivity index (χ3n) is 3.05. The standard InChI is InChI=1S/C12H20N4/c1-6-8(2)14-11(7-13)12-9(3)15-16(5)10(12)4/h8,11,14H,6H2,1-5H3. The lowest BCUT2D eigenvalue weighted by Crippen LogP contribution is -2.29. The van der Waals surface area contributed by atoms with Crippen LogP contribution in [0.15, 0.2) is 0 Å². The fourth-order valence-corrected chi connectivity index (χ4v) is 1.80. The summed E-state index contributed by atoms with van der Waals surface area (Å²) in [5.74, 6) is 0. The Hall–Kier alpha value is -1.34. The summed E-state index contributed by atoms with van der Waals surface area (Å²) >= 11 is 0. The first-order valence-corrected chi connectivity index (χ1v) is 5.67. The van der Waals surface area contributed by atoms with Gasteiger partial charge in [-0.1, -0.05) is 6.92 Å². The van der Waals surface area contributed by atoms with Gasteiger partial charge in [-0.25, -0.2) is 0 Å². The maximum Gasteiger partial charge on any atom is 0.125 e.